The Balaban J connectivity index is 1.16. The standard InChI is InChI=1S/C108H109ClN8/c1-101(2,3)64-43-60(44-65(51-64)102(4,5)6)88-79-38-35-75(110-79)86(58-31-27-25-28-32-58)76-37-40-81(112-76)90(62-47-68(105(13,14)15)53-69(48-62)106(16,17)18)85-57-74-92-95(109)100-91(63-49-70(107(19,20)21)54-71(50-63)108(22,23)24)82-42-41-78(113-82)87(59-33-29-26-30-34-59)77-36-39-80(111-77)89(61-45-66(103(7,8)9)52-67(46-61)104(10,11)12)84-56-73-72-55-83(88)114-96(72)93(98(74)116-85)94(97(73)115-84)99(92)117-100/h25-57,110-111,116-117H,1-24H3. The van der Waals surface area contributed by atoms with Gasteiger partial charge in [0.25, 0.3) is 0 Å². The van der Waals surface area contributed by atoms with Crippen LogP contribution in [0.15, 0.2) is 176 Å². The Morgan fingerprint density at radius 1 is 0.231 bits per heavy atom. The summed E-state index contributed by atoms with van der Waals surface area (Å²) in [5.41, 5.74) is 33.9. The van der Waals surface area contributed by atoms with Gasteiger partial charge < -0.3 is 19.9 Å². The number of aromatic amines is 4. The third-order valence-electron chi connectivity index (χ3n) is 24.8. The molecule has 8 aromatic heterocycles. The van der Waals surface area contributed by atoms with Gasteiger partial charge in [-0.15, -0.1) is 0 Å². The first-order valence-electron chi connectivity index (χ1n) is 41.9. The van der Waals surface area contributed by atoms with E-state index in [0.29, 0.717) is 5.02 Å². The molecule has 0 radical (unpaired) electrons. The van der Waals surface area contributed by atoms with Crippen LogP contribution in [0, 0.1) is 0 Å². The fraction of sp³-hybridized carbons (Fsp3) is 0.296. The maximum Gasteiger partial charge on any atom is 0.0818 e. The molecule has 0 unspecified atom stereocenters. The first kappa shape index (κ1) is 77.1. The predicted octanol–water partition coefficient (Wildman–Crippen LogP) is 30.6. The van der Waals surface area contributed by atoms with Crippen LogP contribution in [-0.4, -0.2) is 39.9 Å². The highest BCUT2D eigenvalue weighted by molar-refractivity contribution is 6.47. The van der Waals surface area contributed by atoms with Crippen molar-refractivity contribution in [3.63, 3.8) is 0 Å². The minimum Gasteiger partial charge on any atom is -0.354 e. The van der Waals surface area contributed by atoms with Gasteiger partial charge in [-0.2, -0.15) is 0 Å². The Morgan fingerprint density at radius 3 is 0.855 bits per heavy atom. The second-order valence-corrected chi connectivity index (χ2v) is 42.2. The number of halogens is 1. The molecule has 16 bridgehead atoms. The summed E-state index contributed by atoms with van der Waals surface area (Å²) in [6.45, 7) is 55.7. The van der Waals surface area contributed by atoms with Gasteiger partial charge in [-0.25, -0.2) is 19.9 Å². The molecule has 0 amide bonds. The van der Waals surface area contributed by atoms with Crippen molar-refractivity contribution < 1.29 is 0 Å². The maximum absolute atomic E-state index is 8.87. The van der Waals surface area contributed by atoms with Crippen LogP contribution in [-0.2, 0) is 43.3 Å². The number of hydrogen-bond donors (Lipinski definition) is 4. The maximum atomic E-state index is 8.87. The summed E-state index contributed by atoms with van der Waals surface area (Å²) >= 11 is 8.87. The zero-order chi connectivity index (χ0) is 82.8. The van der Waals surface area contributed by atoms with E-state index < -0.39 is 0 Å². The molecule has 8 aromatic carbocycles. The lowest BCUT2D eigenvalue weighted by atomic mass is 9.78. The van der Waals surface area contributed by atoms with Crippen LogP contribution in [0.1, 0.15) is 233 Å². The summed E-state index contributed by atoms with van der Waals surface area (Å²) in [5.74, 6) is 0. The van der Waals surface area contributed by atoms with Crippen LogP contribution in [0.4, 0.5) is 0 Å². The fourth-order valence-electron chi connectivity index (χ4n) is 17.7. The third kappa shape index (κ3) is 13.3. The minimum atomic E-state index is -0.231. The van der Waals surface area contributed by atoms with Gasteiger partial charge in [0.05, 0.1) is 66.4 Å². The molecule has 0 aliphatic carbocycles. The van der Waals surface area contributed by atoms with Gasteiger partial charge in [0.2, 0.25) is 0 Å². The highest BCUT2D eigenvalue weighted by Crippen LogP contribution is 2.53. The number of rotatable bonds is 6. The first-order chi connectivity index (χ1) is 54.9. The Morgan fingerprint density at radius 2 is 0.521 bits per heavy atom. The van der Waals surface area contributed by atoms with Crippen molar-refractivity contribution in [2.24, 2.45) is 0 Å². The van der Waals surface area contributed by atoms with Crippen LogP contribution >= 0.6 is 11.6 Å². The topological polar surface area (TPSA) is 115 Å². The van der Waals surface area contributed by atoms with Gasteiger partial charge in [-0.1, -0.05) is 311 Å². The molecule has 117 heavy (non-hydrogen) atoms. The molecule has 4 N–H and O–H groups in total. The summed E-state index contributed by atoms with van der Waals surface area (Å²) in [4.78, 5) is 41.7. The Bertz CT molecular complexity index is 6980. The molecule has 9 heteroatoms. The molecule has 0 fully saturated rings. The molecule has 0 spiro atoms. The van der Waals surface area contributed by atoms with Crippen molar-refractivity contribution >= 4 is 134 Å². The summed E-state index contributed by atoms with van der Waals surface area (Å²) in [7, 11) is 0. The smallest absolute Gasteiger partial charge is 0.0818 e. The van der Waals surface area contributed by atoms with Crippen LogP contribution in [0.2, 0.25) is 5.02 Å². The summed E-state index contributed by atoms with van der Waals surface area (Å²) in [5, 5.41) is 6.14. The van der Waals surface area contributed by atoms with Crippen LogP contribution in [0.25, 0.3) is 190 Å². The van der Waals surface area contributed by atoms with E-state index >= 15 is 0 Å². The number of H-pyrrole nitrogens is 4. The van der Waals surface area contributed by atoms with Crippen molar-refractivity contribution in [1.82, 2.24) is 39.9 Å². The molecular weight excluding hydrogens is 1440 g/mol. The van der Waals surface area contributed by atoms with Gasteiger partial charge in [-0.05, 0) is 188 Å². The monoisotopic (exact) mass is 1550 g/mol. The summed E-state index contributed by atoms with van der Waals surface area (Å²) < 4.78 is 0. The minimum absolute atomic E-state index is 0.206. The lowest BCUT2D eigenvalue weighted by molar-refractivity contribution is 0.568. The summed E-state index contributed by atoms with van der Waals surface area (Å²) in [6.07, 6.45) is 8.87. The zero-order valence-electron chi connectivity index (χ0n) is 72.7. The fourth-order valence-corrected chi connectivity index (χ4v) is 18.1. The average molecular weight is 1550 g/mol. The van der Waals surface area contributed by atoms with Crippen molar-refractivity contribution in [1.29, 1.82) is 0 Å². The van der Waals surface area contributed by atoms with Gasteiger partial charge in [0.15, 0.2) is 0 Å². The molecule has 18 rings (SSSR count). The molecular formula is C108H109ClN8. The van der Waals surface area contributed by atoms with E-state index in [9.17, 15) is 0 Å². The van der Waals surface area contributed by atoms with E-state index in [2.05, 4.69) is 386 Å². The molecule has 8 nitrogen and oxygen atoms in total. The van der Waals surface area contributed by atoms with E-state index in [0.717, 1.165) is 188 Å². The van der Waals surface area contributed by atoms with Gasteiger partial charge in [0, 0.05) is 93.3 Å². The molecule has 0 saturated heterocycles. The quantitative estimate of drug-likeness (QED) is 0.133. The van der Waals surface area contributed by atoms with E-state index in [1.54, 1.807) is 0 Å². The van der Waals surface area contributed by atoms with Gasteiger partial charge >= 0.3 is 0 Å². The molecule has 0 atom stereocenters. The normalized spacial score (nSPS) is 13.6. The number of hydrogen-bond acceptors (Lipinski definition) is 4. The van der Waals surface area contributed by atoms with Crippen molar-refractivity contribution in [3.8, 4) is 66.8 Å². The van der Waals surface area contributed by atoms with Gasteiger partial charge in [0.1, 0.15) is 0 Å². The second-order valence-electron chi connectivity index (χ2n) is 41.8. The van der Waals surface area contributed by atoms with E-state index in [4.69, 9.17) is 31.5 Å². The first-order valence-corrected chi connectivity index (χ1v) is 42.2. The van der Waals surface area contributed by atoms with Crippen LogP contribution in [0.5, 0.6) is 0 Å². The van der Waals surface area contributed by atoms with Crippen LogP contribution < -0.4 is 0 Å². The van der Waals surface area contributed by atoms with Crippen molar-refractivity contribution in [3.05, 3.63) is 248 Å². The number of benzene rings is 8. The number of nitrogens with one attached hydrogen (secondary N) is 4. The van der Waals surface area contributed by atoms with Gasteiger partial charge in [-0.3, -0.25) is 0 Å². The van der Waals surface area contributed by atoms with E-state index in [-0.39, 0.29) is 43.3 Å². The van der Waals surface area contributed by atoms with E-state index in [1.807, 2.05) is 0 Å². The number of aromatic nitrogens is 8. The lowest BCUT2D eigenvalue weighted by Gasteiger charge is -2.26. The Hall–Kier alpha value is -11.2. The largest absolute Gasteiger partial charge is 0.354 e. The molecule has 2 aliphatic heterocycles. The SMILES string of the molecule is CC(C)(C)c1cc(-c2c3nc(c(-c4ccccc4)c4ccc([nH]4)c(-c4cc(C(C)(C)C)cc(C(C)(C)C)c4)c4cc5c6cc7nc6c6c8[nH]c(c(-c9cc(C(C)(C)C)cc(C(C)(C)C)c9)c9nc(c(-c%10ccccc%10)c%10ccc([nH]%10)c7-c7cc(C(C)(C)C)cc(C(C)(C)C)c7)C=C9)c(Cl)c8c7cc2[nH]c7c6c5n4)C=C3)cc(C(C)(C)C)c1. The van der Waals surface area contributed by atoms with Crippen LogP contribution in [0.3, 0.4) is 0 Å². The Kier molecular flexibility index (Phi) is 17.4. The number of fused-ring (bicyclic) bond motifs is 14. The second kappa shape index (κ2) is 26.4. The van der Waals surface area contributed by atoms with Crippen molar-refractivity contribution in [2.45, 2.75) is 209 Å². The summed E-state index contributed by atoms with van der Waals surface area (Å²) in [6, 6.07) is 66.6. The lowest BCUT2D eigenvalue weighted by Crippen LogP contribution is -2.16. The van der Waals surface area contributed by atoms with E-state index in [1.165, 1.54) is 44.5 Å². The molecule has 16 aromatic rings. The zero-order valence-corrected chi connectivity index (χ0v) is 73.5. The average Bonchev–Trinajstić information content (AvgIpc) is 1.52. The number of nitrogens with zero attached hydrogens (tertiary/aromatic N) is 4. The molecule has 0 saturated carbocycles. The predicted molar refractivity (Wildman–Crippen MR) is 504 cm³/mol. The highest BCUT2D eigenvalue weighted by Gasteiger charge is 2.33. The molecule has 588 valence electrons. The molecule has 2 aliphatic rings. The van der Waals surface area contributed by atoms with Crippen molar-refractivity contribution in [2.75, 3.05) is 0 Å². The molecule has 10 heterocycles. The third-order valence-corrected chi connectivity index (χ3v) is 25.2. The Labute approximate surface area is 694 Å². The highest BCUT2D eigenvalue weighted by atomic mass is 35.5.